The van der Waals surface area contributed by atoms with Gasteiger partial charge in [0.1, 0.15) is 5.75 Å². The first-order valence-corrected chi connectivity index (χ1v) is 9.21. The van der Waals surface area contributed by atoms with Crippen molar-refractivity contribution in [3.63, 3.8) is 0 Å². The maximum Gasteiger partial charge on any atom is 0.257 e. The van der Waals surface area contributed by atoms with E-state index in [1.807, 2.05) is 32.0 Å². The van der Waals surface area contributed by atoms with E-state index >= 15 is 0 Å². The molecule has 7 nitrogen and oxygen atoms in total. The summed E-state index contributed by atoms with van der Waals surface area (Å²) >= 11 is 0. The molecule has 0 saturated carbocycles. The van der Waals surface area contributed by atoms with Crippen molar-refractivity contribution in [3.05, 3.63) is 53.6 Å². The Kier molecular flexibility index (Phi) is 8.14. The van der Waals surface area contributed by atoms with Gasteiger partial charge < -0.3 is 25.3 Å². The van der Waals surface area contributed by atoms with Crippen LogP contribution < -0.4 is 25.3 Å². The maximum atomic E-state index is 12.0. The van der Waals surface area contributed by atoms with Crippen LogP contribution in [0.25, 0.3) is 0 Å². The molecule has 0 aliphatic heterocycles. The minimum atomic E-state index is -0.545. The molecule has 0 aliphatic carbocycles. The molecular formula is C21H26N2O5. The van der Waals surface area contributed by atoms with Crippen LogP contribution in [0.1, 0.15) is 29.8 Å². The van der Waals surface area contributed by atoms with Gasteiger partial charge in [-0.05, 0) is 56.2 Å². The van der Waals surface area contributed by atoms with Crippen LogP contribution in [0.15, 0.2) is 42.5 Å². The zero-order valence-corrected chi connectivity index (χ0v) is 16.2. The number of ether oxygens (including phenoxy) is 3. The van der Waals surface area contributed by atoms with E-state index in [4.69, 9.17) is 19.9 Å². The molecule has 28 heavy (non-hydrogen) atoms. The highest BCUT2D eigenvalue weighted by Crippen LogP contribution is 2.28. The fourth-order valence-corrected chi connectivity index (χ4v) is 2.54. The summed E-state index contributed by atoms with van der Waals surface area (Å²) in [7, 11) is 0. The van der Waals surface area contributed by atoms with Gasteiger partial charge in [-0.3, -0.25) is 9.59 Å². The van der Waals surface area contributed by atoms with Crippen molar-refractivity contribution in [1.82, 2.24) is 5.32 Å². The lowest BCUT2D eigenvalue weighted by Gasteiger charge is -2.13. The Labute approximate surface area is 164 Å². The Morgan fingerprint density at radius 1 is 0.964 bits per heavy atom. The predicted molar refractivity (Wildman–Crippen MR) is 106 cm³/mol. The van der Waals surface area contributed by atoms with Crippen LogP contribution in [0.3, 0.4) is 0 Å². The quantitative estimate of drug-likeness (QED) is 0.617. The highest BCUT2D eigenvalue weighted by Gasteiger charge is 2.08. The SMILES string of the molecule is CCOc1ccc(CCNC(=O)COc2cccc(C(N)=O)c2)cc1OCC. The lowest BCUT2D eigenvalue weighted by atomic mass is 10.1. The lowest BCUT2D eigenvalue weighted by molar-refractivity contribution is -0.123. The number of hydrogen-bond donors (Lipinski definition) is 2. The normalized spacial score (nSPS) is 10.2. The van der Waals surface area contributed by atoms with E-state index in [-0.39, 0.29) is 12.5 Å². The van der Waals surface area contributed by atoms with Gasteiger partial charge in [-0.2, -0.15) is 0 Å². The van der Waals surface area contributed by atoms with Gasteiger partial charge in [-0.1, -0.05) is 12.1 Å². The summed E-state index contributed by atoms with van der Waals surface area (Å²) in [5, 5.41) is 2.80. The van der Waals surface area contributed by atoms with Crippen LogP contribution in [0.4, 0.5) is 0 Å². The van der Waals surface area contributed by atoms with E-state index in [0.717, 1.165) is 5.56 Å². The van der Waals surface area contributed by atoms with E-state index in [1.54, 1.807) is 18.2 Å². The van der Waals surface area contributed by atoms with E-state index in [9.17, 15) is 9.59 Å². The van der Waals surface area contributed by atoms with Gasteiger partial charge in [0, 0.05) is 12.1 Å². The van der Waals surface area contributed by atoms with Crippen molar-refractivity contribution in [2.45, 2.75) is 20.3 Å². The van der Waals surface area contributed by atoms with Crippen LogP contribution in [0.5, 0.6) is 17.2 Å². The Hall–Kier alpha value is -3.22. The maximum absolute atomic E-state index is 12.0. The van der Waals surface area contributed by atoms with Crippen molar-refractivity contribution in [1.29, 1.82) is 0 Å². The van der Waals surface area contributed by atoms with Gasteiger partial charge >= 0.3 is 0 Å². The van der Waals surface area contributed by atoms with Crippen molar-refractivity contribution in [3.8, 4) is 17.2 Å². The Bertz CT molecular complexity index is 807. The van der Waals surface area contributed by atoms with Crippen molar-refractivity contribution < 1.29 is 23.8 Å². The molecule has 0 heterocycles. The molecule has 150 valence electrons. The monoisotopic (exact) mass is 386 g/mol. The highest BCUT2D eigenvalue weighted by molar-refractivity contribution is 5.93. The number of primary amides is 1. The summed E-state index contributed by atoms with van der Waals surface area (Å²) in [4.78, 5) is 23.1. The topological polar surface area (TPSA) is 99.9 Å². The van der Waals surface area contributed by atoms with Gasteiger partial charge in [0.15, 0.2) is 18.1 Å². The Morgan fingerprint density at radius 3 is 2.43 bits per heavy atom. The average Bonchev–Trinajstić information content (AvgIpc) is 2.69. The molecule has 0 saturated heterocycles. The van der Waals surface area contributed by atoms with Crippen LogP contribution in [0, 0.1) is 0 Å². The molecule has 2 rings (SSSR count). The summed E-state index contributed by atoms with van der Waals surface area (Å²) in [5.74, 6) is 1.03. The smallest absolute Gasteiger partial charge is 0.257 e. The third kappa shape index (κ3) is 6.50. The number of carbonyl (C=O) groups is 2. The molecule has 0 bridgehead atoms. The molecule has 3 N–H and O–H groups in total. The molecule has 0 unspecified atom stereocenters. The summed E-state index contributed by atoms with van der Waals surface area (Å²) in [6.07, 6.45) is 0.648. The number of carbonyl (C=O) groups excluding carboxylic acids is 2. The minimum absolute atomic E-state index is 0.143. The molecule has 0 aliphatic rings. The third-order valence-corrected chi connectivity index (χ3v) is 3.83. The predicted octanol–water partition coefficient (Wildman–Crippen LogP) is 2.32. The summed E-state index contributed by atoms with van der Waals surface area (Å²) < 4.78 is 16.5. The fourth-order valence-electron chi connectivity index (χ4n) is 2.54. The number of benzene rings is 2. The molecule has 2 amide bonds. The number of nitrogens with one attached hydrogen (secondary N) is 1. The summed E-state index contributed by atoms with van der Waals surface area (Å²) in [5.41, 5.74) is 6.59. The molecule has 0 fully saturated rings. The lowest BCUT2D eigenvalue weighted by Crippen LogP contribution is -2.30. The van der Waals surface area contributed by atoms with Gasteiger partial charge in [-0.25, -0.2) is 0 Å². The zero-order valence-electron chi connectivity index (χ0n) is 16.2. The Balaban J connectivity index is 1.81. The van der Waals surface area contributed by atoms with E-state index in [0.29, 0.717) is 49.0 Å². The first kappa shape index (κ1) is 21.1. The van der Waals surface area contributed by atoms with Gasteiger partial charge in [0.2, 0.25) is 5.91 Å². The summed E-state index contributed by atoms with van der Waals surface area (Å²) in [6.45, 7) is 5.28. The number of rotatable bonds is 11. The molecule has 0 aromatic heterocycles. The second-order valence-corrected chi connectivity index (χ2v) is 5.93. The minimum Gasteiger partial charge on any atom is -0.490 e. The first-order valence-electron chi connectivity index (χ1n) is 9.21. The molecule has 0 spiro atoms. The van der Waals surface area contributed by atoms with Crippen LogP contribution >= 0.6 is 0 Å². The average molecular weight is 386 g/mol. The van der Waals surface area contributed by atoms with Crippen LogP contribution in [-0.4, -0.2) is 38.2 Å². The molecular weight excluding hydrogens is 360 g/mol. The standard InChI is InChI=1S/C21H26N2O5/c1-3-26-18-9-8-15(12-19(18)27-4-2)10-11-23-20(24)14-28-17-7-5-6-16(13-17)21(22)25/h5-9,12-13H,3-4,10-11,14H2,1-2H3,(H2,22,25)(H,23,24). The second-order valence-electron chi connectivity index (χ2n) is 5.93. The van der Waals surface area contributed by atoms with Crippen molar-refractivity contribution in [2.75, 3.05) is 26.4 Å². The Morgan fingerprint density at radius 2 is 1.71 bits per heavy atom. The third-order valence-electron chi connectivity index (χ3n) is 3.83. The fraction of sp³-hybridized carbons (Fsp3) is 0.333. The number of hydrogen-bond acceptors (Lipinski definition) is 5. The van der Waals surface area contributed by atoms with Gasteiger partial charge in [-0.15, -0.1) is 0 Å². The molecule has 7 heteroatoms. The first-order chi connectivity index (χ1) is 13.5. The number of amides is 2. The largest absolute Gasteiger partial charge is 0.490 e. The molecule has 2 aromatic rings. The van der Waals surface area contributed by atoms with E-state index in [1.165, 1.54) is 6.07 Å². The van der Waals surface area contributed by atoms with Gasteiger partial charge in [0.25, 0.3) is 5.91 Å². The highest BCUT2D eigenvalue weighted by atomic mass is 16.5. The van der Waals surface area contributed by atoms with Crippen molar-refractivity contribution in [2.24, 2.45) is 5.73 Å². The molecule has 0 radical (unpaired) electrons. The molecule has 2 aromatic carbocycles. The van der Waals surface area contributed by atoms with E-state index < -0.39 is 5.91 Å². The summed E-state index contributed by atoms with van der Waals surface area (Å²) in [6, 6.07) is 12.1. The number of nitrogens with two attached hydrogens (primary N) is 1. The zero-order chi connectivity index (χ0) is 20.4. The van der Waals surface area contributed by atoms with Crippen LogP contribution in [0.2, 0.25) is 0 Å². The second kappa shape index (κ2) is 10.8. The van der Waals surface area contributed by atoms with Crippen molar-refractivity contribution >= 4 is 11.8 Å². The van der Waals surface area contributed by atoms with Crippen LogP contribution in [-0.2, 0) is 11.2 Å². The van der Waals surface area contributed by atoms with E-state index in [2.05, 4.69) is 5.32 Å². The van der Waals surface area contributed by atoms with Gasteiger partial charge in [0.05, 0.1) is 13.2 Å². The molecule has 0 atom stereocenters.